The van der Waals surface area contributed by atoms with E-state index in [1.54, 1.807) is 30.9 Å². The van der Waals surface area contributed by atoms with Crippen molar-refractivity contribution in [3.8, 4) is 0 Å². The number of nitrogens with one attached hydrogen (secondary N) is 2. The number of rotatable bonds is 5. The van der Waals surface area contributed by atoms with Crippen molar-refractivity contribution in [1.29, 1.82) is 0 Å². The molecule has 4 aromatic rings. The number of fused-ring (bicyclic) bond motifs is 1. The number of imidazole rings is 1. The Morgan fingerprint density at radius 2 is 1.85 bits per heavy atom. The molecule has 0 saturated carbocycles. The molecule has 4 aromatic heterocycles. The molecule has 0 unspecified atom stereocenters. The molecule has 0 aromatic carbocycles. The zero-order chi connectivity index (χ0) is 24.6. The van der Waals surface area contributed by atoms with Crippen molar-refractivity contribution in [2.75, 3.05) is 5.32 Å². The Kier molecular flexibility index (Phi) is 6.23. The van der Waals surface area contributed by atoms with Gasteiger partial charge < -0.3 is 15.2 Å². The third-order valence-electron chi connectivity index (χ3n) is 4.71. The summed E-state index contributed by atoms with van der Waals surface area (Å²) in [7, 11) is 1.80. The Morgan fingerprint density at radius 1 is 1.09 bits per heavy atom. The molecule has 4 rings (SSSR count). The number of pyridine rings is 2. The van der Waals surface area contributed by atoms with Gasteiger partial charge in [-0.1, -0.05) is 11.6 Å². The van der Waals surface area contributed by atoms with E-state index in [0.29, 0.717) is 16.6 Å². The average Bonchev–Trinajstić information content (AvgIpc) is 3.41. The summed E-state index contributed by atoms with van der Waals surface area (Å²) in [6, 6.07) is 1.70. The number of anilines is 1. The number of alkyl halides is 3. The number of hydrogen-bond donors (Lipinski definition) is 2. The topological polar surface area (TPSA) is 115 Å². The molecule has 176 valence electrons. The molecule has 0 radical (unpaired) electrons. The van der Waals surface area contributed by atoms with Gasteiger partial charge in [0.25, 0.3) is 11.8 Å². The average molecular weight is 510 g/mol. The van der Waals surface area contributed by atoms with Gasteiger partial charge in [0.15, 0.2) is 0 Å². The molecule has 0 fully saturated rings. The summed E-state index contributed by atoms with van der Waals surface area (Å²) < 4.78 is 40.8. The van der Waals surface area contributed by atoms with Crippen LogP contribution in [0, 0.1) is 0 Å². The molecule has 9 nitrogen and oxygen atoms in total. The third kappa shape index (κ3) is 4.84. The second-order valence-corrected chi connectivity index (χ2v) is 8.64. The van der Waals surface area contributed by atoms with Crippen molar-refractivity contribution >= 4 is 51.6 Å². The fraction of sp³-hybridized carbons (Fsp3) is 0.200. The minimum absolute atomic E-state index is 0.121. The maximum absolute atomic E-state index is 13.0. The summed E-state index contributed by atoms with van der Waals surface area (Å²) in [6.45, 7) is 1.68. The predicted octanol–water partition coefficient (Wildman–Crippen LogP) is 4.24. The number of carbonyl (C=O) groups is 2. The van der Waals surface area contributed by atoms with Crippen molar-refractivity contribution < 1.29 is 22.8 Å². The second kappa shape index (κ2) is 8.99. The Labute approximate surface area is 199 Å². The molecule has 0 aliphatic carbocycles. The van der Waals surface area contributed by atoms with E-state index >= 15 is 0 Å². The van der Waals surface area contributed by atoms with Gasteiger partial charge in [-0.2, -0.15) is 13.2 Å². The van der Waals surface area contributed by atoms with Gasteiger partial charge in [0.05, 0.1) is 40.9 Å². The van der Waals surface area contributed by atoms with Gasteiger partial charge in [-0.15, -0.1) is 11.3 Å². The number of nitrogens with zero attached hydrogens (tertiary/aromatic N) is 5. The summed E-state index contributed by atoms with van der Waals surface area (Å²) >= 11 is 6.52. The molecule has 0 bridgehead atoms. The van der Waals surface area contributed by atoms with Crippen LogP contribution >= 0.6 is 22.9 Å². The van der Waals surface area contributed by atoms with Gasteiger partial charge in [-0.05, 0) is 19.1 Å². The zero-order valence-electron chi connectivity index (χ0n) is 17.5. The number of aromatic nitrogens is 5. The van der Waals surface area contributed by atoms with E-state index < -0.39 is 34.6 Å². The largest absolute Gasteiger partial charge is 0.418 e. The van der Waals surface area contributed by atoms with Gasteiger partial charge in [-0.3, -0.25) is 9.59 Å². The van der Waals surface area contributed by atoms with E-state index in [2.05, 4.69) is 30.6 Å². The molecule has 14 heteroatoms. The smallest absolute Gasteiger partial charge is 0.342 e. The van der Waals surface area contributed by atoms with E-state index in [1.807, 2.05) is 0 Å². The Bertz CT molecular complexity index is 1400. The minimum atomic E-state index is -4.69. The van der Waals surface area contributed by atoms with Gasteiger partial charge in [0.2, 0.25) is 0 Å². The maximum Gasteiger partial charge on any atom is 0.418 e. The molecule has 34 heavy (non-hydrogen) atoms. The van der Waals surface area contributed by atoms with E-state index in [1.165, 1.54) is 12.4 Å². The van der Waals surface area contributed by atoms with Crippen molar-refractivity contribution in [2.24, 2.45) is 7.05 Å². The normalized spacial score (nSPS) is 12.5. The van der Waals surface area contributed by atoms with Crippen LogP contribution in [0.25, 0.3) is 11.0 Å². The first-order chi connectivity index (χ1) is 16.0. The molecule has 1 atom stereocenters. The van der Waals surface area contributed by atoms with Crippen LogP contribution in [0.1, 0.15) is 43.7 Å². The highest BCUT2D eigenvalue weighted by Crippen LogP contribution is 2.35. The molecule has 0 saturated heterocycles. The molecule has 0 spiro atoms. The molecule has 4 heterocycles. The lowest BCUT2D eigenvalue weighted by molar-refractivity contribution is -0.137. The van der Waals surface area contributed by atoms with Crippen LogP contribution in [-0.4, -0.2) is 36.3 Å². The Morgan fingerprint density at radius 3 is 2.59 bits per heavy atom. The minimum Gasteiger partial charge on any atom is -0.342 e. The van der Waals surface area contributed by atoms with Gasteiger partial charge in [0, 0.05) is 13.2 Å². The highest BCUT2D eigenvalue weighted by Gasteiger charge is 2.34. The van der Waals surface area contributed by atoms with Gasteiger partial charge >= 0.3 is 6.18 Å². The van der Waals surface area contributed by atoms with E-state index in [0.717, 1.165) is 23.1 Å². The van der Waals surface area contributed by atoms with Crippen LogP contribution in [0.5, 0.6) is 0 Å². The van der Waals surface area contributed by atoms with Crippen molar-refractivity contribution in [3.05, 3.63) is 63.2 Å². The molecular formula is C20H15ClF3N7O2S. The highest BCUT2D eigenvalue weighted by molar-refractivity contribution is 7.13. The monoisotopic (exact) mass is 509 g/mol. The third-order valence-corrected chi connectivity index (χ3v) is 6.19. The predicted molar refractivity (Wildman–Crippen MR) is 119 cm³/mol. The number of thiazole rings is 1. The summed E-state index contributed by atoms with van der Waals surface area (Å²) in [5.74, 6) is -1.45. The van der Waals surface area contributed by atoms with Crippen molar-refractivity contribution in [1.82, 2.24) is 29.8 Å². The Balaban J connectivity index is 1.44. The lowest BCUT2D eigenvalue weighted by atomic mass is 10.2. The fourth-order valence-electron chi connectivity index (χ4n) is 2.98. The molecule has 2 N–H and O–H groups in total. The molecule has 2 amide bonds. The quantitative estimate of drug-likeness (QED) is 0.416. The number of aryl methyl sites for hydroxylation is 1. The zero-order valence-corrected chi connectivity index (χ0v) is 19.1. The highest BCUT2D eigenvalue weighted by atomic mass is 35.5. The molecule has 0 aliphatic rings. The number of carbonyl (C=O) groups excluding carboxylic acids is 2. The van der Waals surface area contributed by atoms with Gasteiger partial charge in [0.1, 0.15) is 26.9 Å². The number of halogens is 4. The van der Waals surface area contributed by atoms with Crippen molar-refractivity contribution in [3.63, 3.8) is 0 Å². The summed E-state index contributed by atoms with van der Waals surface area (Å²) in [5.41, 5.74) is 0.469. The van der Waals surface area contributed by atoms with Crippen molar-refractivity contribution in [2.45, 2.75) is 19.1 Å². The lowest BCUT2D eigenvalue weighted by Crippen LogP contribution is -2.27. The van der Waals surface area contributed by atoms with Crippen LogP contribution in [-0.2, 0) is 13.2 Å². The van der Waals surface area contributed by atoms with Crippen LogP contribution in [0.3, 0.4) is 0 Å². The summed E-state index contributed by atoms with van der Waals surface area (Å²) in [6.07, 6.45) is 0.490. The standard InChI is InChI=1S/C20H15ClF3N7O2S/c1-9(29-17(32)12-4-14-13(6-25-12)28-8-31(14)2)19-27-7-15(34-19)18(33)30-16-3-10(20(22,23)24)11(21)5-26-16/h3-9H,1-2H3,(H,29,32)(H,26,30,33)/t9-/m1/s1. The number of amides is 2. The first-order valence-electron chi connectivity index (χ1n) is 9.60. The Hall–Kier alpha value is -3.58. The fourth-order valence-corrected chi connectivity index (χ4v) is 4.01. The first kappa shape index (κ1) is 23.6. The lowest BCUT2D eigenvalue weighted by Gasteiger charge is -2.11. The number of hydrogen-bond acceptors (Lipinski definition) is 7. The van der Waals surface area contributed by atoms with Crippen LogP contribution in [0.15, 0.2) is 37.1 Å². The van der Waals surface area contributed by atoms with E-state index in [-0.39, 0.29) is 16.4 Å². The SMILES string of the molecule is C[C@@H](NC(=O)c1cc2c(cn1)ncn2C)c1ncc(C(=O)Nc2cc(C(F)(F)F)c(Cl)cn2)s1. The first-order valence-corrected chi connectivity index (χ1v) is 10.8. The summed E-state index contributed by atoms with van der Waals surface area (Å²) in [5, 5.41) is 4.89. The van der Waals surface area contributed by atoms with E-state index in [9.17, 15) is 22.8 Å². The maximum atomic E-state index is 13.0. The van der Waals surface area contributed by atoms with Gasteiger partial charge in [-0.25, -0.2) is 19.9 Å². The van der Waals surface area contributed by atoms with Crippen LogP contribution in [0.4, 0.5) is 19.0 Å². The molecule has 0 aliphatic heterocycles. The van der Waals surface area contributed by atoms with Crippen LogP contribution in [0.2, 0.25) is 5.02 Å². The van der Waals surface area contributed by atoms with Crippen LogP contribution < -0.4 is 10.6 Å². The summed E-state index contributed by atoms with van der Waals surface area (Å²) in [4.78, 5) is 41.3. The molecular weight excluding hydrogens is 495 g/mol. The van der Waals surface area contributed by atoms with E-state index in [4.69, 9.17) is 11.6 Å². The second-order valence-electron chi connectivity index (χ2n) is 7.17.